The molecule has 0 atom stereocenters. The van der Waals surface area contributed by atoms with E-state index in [9.17, 15) is 4.79 Å². The Kier molecular flexibility index (Phi) is 8.27. The second-order valence-electron chi connectivity index (χ2n) is 7.44. The number of amides is 1. The number of thioether (sulfide) groups is 1. The lowest BCUT2D eigenvalue weighted by molar-refractivity contribution is 0.0724. The van der Waals surface area contributed by atoms with Crippen LogP contribution in [0.3, 0.4) is 0 Å². The third-order valence-electron chi connectivity index (χ3n) is 5.33. The molecule has 0 radical (unpaired) electrons. The summed E-state index contributed by atoms with van der Waals surface area (Å²) in [4.78, 5) is 14.5. The minimum absolute atomic E-state index is 0.140. The number of thiocarbonyl (C=S) groups is 1. The summed E-state index contributed by atoms with van der Waals surface area (Å²) in [5.41, 5.74) is 1.67. The smallest absolute Gasteiger partial charge is 0.253 e. The standard InChI is InChI=1S/C21H31N3OS2/c25-20(24-14-5-2-6-15-24)17-9-11-18(12-10-17)23-21(26)22-13-16-27-19-7-3-1-4-8-19/h9-12,19H,1-8,13-16H2,(H2,22,23,26). The second kappa shape index (κ2) is 10.9. The molecular weight excluding hydrogens is 374 g/mol. The molecule has 2 aliphatic rings. The van der Waals surface area contributed by atoms with Crippen LogP contribution in [0.1, 0.15) is 61.7 Å². The van der Waals surface area contributed by atoms with Crippen molar-refractivity contribution in [1.29, 1.82) is 0 Å². The van der Waals surface area contributed by atoms with E-state index in [4.69, 9.17) is 12.2 Å². The van der Waals surface area contributed by atoms with Gasteiger partial charge in [-0.1, -0.05) is 19.3 Å². The van der Waals surface area contributed by atoms with E-state index in [0.29, 0.717) is 5.11 Å². The number of piperidine rings is 1. The molecule has 4 nitrogen and oxygen atoms in total. The van der Waals surface area contributed by atoms with Crippen LogP contribution in [0.5, 0.6) is 0 Å². The van der Waals surface area contributed by atoms with Gasteiger partial charge >= 0.3 is 0 Å². The molecule has 1 amide bonds. The van der Waals surface area contributed by atoms with Crippen molar-refractivity contribution in [3.63, 3.8) is 0 Å². The number of carbonyl (C=O) groups is 1. The zero-order chi connectivity index (χ0) is 18.9. The van der Waals surface area contributed by atoms with E-state index >= 15 is 0 Å². The molecule has 2 N–H and O–H groups in total. The molecule has 1 saturated heterocycles. The fourth-order valence-electron chi connectivity index (χ4n) is 3.77. The first-order chi connectivity index (χ1) is 13.2. The molecule has 0 aromatic heterocycles. The number of hydrogen-bond acceptors (Lipinski definition) is 3. The molecule has 1 aromatic carbocycles. The third-order valence-corrected chi connectivity index (χ3v) is 6.96. The van der Waals surface area contributed by atoms with E-state index in [0.717, 1.165) is 54.7 Å². The average Bonchev–Trinajstić information content (AvgIpc) is 2.73. The lowest BCUT2D eigenvalue weighted by Gasteiger charge is -2.26. The fourth-order valence-corrected chi connectivity index (χ4v) is 5.21. The van der Waals surface area contributed by atoms with Gasteiger partial charge in [-0.3, -0.25) is 4.79 Å². The van der Waals surface area contributed by atoms with Crippen LogP contribution < -0.4 is 10.6 Å². The molecule has 6 heteroatoms. The molecule has 1 saturated carbocycles. The van der Waals surface area contributed by atoms with Crippen molar-refractivity contribution in [1.82, 2.24) is 10.2 Å². The summed E-state index contributed by atoms with van der Waals surface area (Å²) in [5, 5.41) is 7.98. The van der Waals surface area contributed by atoms with Gasteiger partial charge in [-0.15, -0.1) is 0 Å². The molecule has 0 spiro atoms. The molecule has 3 rings (SSSR count). The van der Waals surface area contributed by atoms with Gasteiger partial charge in [0.1, 0.15) is 0 Å². The van der Waals surface area contributed by atoms with Crippen LogP contribution in [0.25, 0.3) is 0 Å². The number of likely N-dealkylation sites (tertiary alicyclic amines) is 1. The summed E-state index contributed by atoms with van der Waals surface area (Å²) in [7, 11) is 0. The van der Waals surface area contributed by atoms with Gasteiger partial charge in [-0.25, -0.2) is 0 Å². The van der Waals surface area contributed by atoms with Gasteiger partial charge < -0.3 is 15.5 Å². The van der Waals surface area contributed by atoms with Crippen LogP contribution in [-0.2, 0) is 0 Å². The van der Waals surface area contributed by atoms with Gasteiger partial charge in [0.15, 0.2) is 5.11 Å². The predicted molar refractivity (Wildman–Crippen MR) is 120 cm³/mol. The summed E-state index contributed by atoms with van der Waals surface area (Å²) < 4.78 is 0. The Labute approximate surface area is 172 Å². The molecule has 1 aliphatic heterocycles. The van der Waals surface area contributed by atoms with Crippen molar-refractivity contribution in [2.75, 3.05) is 30.7 Å². The van der Waals surface area contributed by atoms with Crippen molar-refractivity contribution in [3.05, 3.63) is 29.8 Å². The maximum absolute atomic E-state index is 12.5. The third kappa shape index (κ3) is 6.68. The van der Waals surface area contributed by atoms with Gasteiger partial charge in [0.2, 0.25) is 0 Å². The molecular formula is C21H31N3OS2. The molecule has 1 aromatic rings. The number of nitrogens with one attached hydrogen (secondary N) is 2. The van der Waals surface area contributed by atoms with Crippen LogP contribution in [0, 0.1) is 0 Å². The number of anilines is 1. The first-order valence-corrected chi connectivity index (χ1v) is 11.7. The lowest BCUT2D eigenvalue weighted by Crippen LogP contribution is -2.35. The minimum atomic E-state index is 0.140. The van der Waals surface area contributed by atoms with Crippen molar-refractivity contribution >= 4 is 40.7 Å². The highest BCUT2D eigenvalue weighted by Gasteiger charge is 2.18. The van der Waals surface area contributed by atoms with Gasteiger partial charge in [-0.2, -0.15) is 11.8 Å². The van der Waals surface area contributed by atoms with Crippen LogP contribution in [-0.4, -0.2) is 46.6 Å². The minimum Gasteiger partial charge on any atom is -0.362 e. The van der Waals surface area contributed by atoms with E-state index < -0.39 is 0 Å². The predicted octanol–water partition coefficient (Wildman–Crippen LogP) is 4.67. The number of nitrogens with zero attached hydrogens (tertiary/aromatic N) is 1. The highest BCUT2D eigenvalue weighted by atomic mass is 32.2. The maximum atomic E-state index is 12.5. The first kappa shape index (κ1) is 20.5. The first-order valence-electron chi connectivity index (χ1n) is 10.3. The summed E-state index contributed by atoms with van der Waals surface area (Å²) in [6.45, 7) is 2.65. The Morgan fingerprint density at radius 3 is 2.41 bits per heavy atom. The number of rotatable bonds is 6. The van der Waals surface area contributed by atoms with E-state index in [1.54, 1.807) is 0 Å². The summed E-state index contributed by atoms with van der Waals surface area (Å²) in [6.07, 6.45) is 10.4. The highest BCUT2D eigenvalue weighted by Crippen LogP contribution is 2.27. The number of benzene rings is 1. The zero-order valence-electron chi connectivity index (χ0n) is 16.0. The van der Waals surface area contributed by atoms with Crippen LogP contribution >= 0.6 is 24.0 Å². The Morgan fingerprint density at radius 1 is 1.04 bits per heavy atom. The molecule has 0 bridgehead atoms. The maximum Gasteiger partial charge on any atom is 0.253 e. The number of carbonyl (C=O) groups excluding carboxylic acids is 1. The zero-order valence-corrected chi connectivity index (χ0v) is 17.7. The van der Waals surface area contributed by atoms with E-state index in [2.05, 4.69) is 22.4 Å². The quantitative estimate of drug-likeness (QED) is 0.532. The summed E-state index contributed by atoms with van der Waals surface area (Å²) >= 11 is 7.46. The Bertz CT molecular complexity index is 608. The van der Waals surface area contributed by atoms with Gasteiger partial charge in [0.25, 0.3) is 5.91 Å². The average molecular weight is 406 g/mol. The van der Waals surface area contributed by atoms with E-state index in [-0.39, 0.29) is 5.91 Å². The SMILES string of the molecule is O=C(c1ccc(NC(=S)NCCSC2CCCCC2)cc1)N1CCCCC1. The van der Waals surface area contributed by atoms with Gasteiger partial charge in [0, 0.05) is 41.9 Å². The van der Waals surface area contributed by atoms with Crippen LogP contribution in [0.15, 0.2) is 24.3 Å². The van der Waals surface area contributed by atoms with Crippen LogP contribution in [0.2, 0.25) is 0 Å². The highest BCUT2D eigenvalue weighted by molar-refractivity contribution is 7.99. The summed E-state index contributed by atoms with van der Waals surface area (Å²) in [5.74, 6) is 1.23. The lowest BCUT2D eigenvalue weighted by atomic mass is 10.0. The molecule has 0 unspecified atom stereocenters. The Morgan fingerprint density at radius 2 is 1.70 bits per heavy atom. The van der Waals surface area contributed by atoms with Gasteiger partial charge in [-0.05, 0) is 68.6 Å². The number of hydrogen-bond donors (Lipinski definition) is 2. The van der Waals surface area contributed by atoms with Crippen LogP contribution in [0.4, 0.5) is 5.69 Å². The monoisotopic (exact) mass is 405 g/mol. The van der Waals surface area contributed by atoms with Crippen molar-refractivity contribution < 1.29 is 4.79 Å². The van der Waals surface area contributed by atoms with Crippen molar-refractivity contribution in [3.8, 4) is 0 Å². The van der Waals surface area contributed by atoms with Crippen molar-refractivity contribution in [2.45, 2.75) is 56.6 Å². The fraction of sp³-hybridized carbons (Fsp3) is 0.619. The Hall–Kier alpha value is -1.27. The molecule has 27 heavy (non-hydrogen) atoms. The normalized spacial score (nSPS) is 18.1. The second-order valence-corrected chi connectivity index (χ2v) is 9.26. The Balaban J connectivity index is 1.37. The molecule has 1 aliphatic carbocycles. The van der Waals surface area contributed by atoms with Crippen molar-refractivity contribution in [2.24, 2.45) is 0 Å². The topological polar surface area (TPSA) is 44.4 Å². The molecule has 2 fully saturated rings. The van der Waals surface area contributed by atoms with E-state index in [1.165, 1.54) is 38.5 Å². The van der Waals surface area contributed by atoms with E-state index in [1.807, 2.05) is 29.2 Å². The molecule has 1 heterocycles. The van der Waals surface area contributed by atoms with Gasteiger partial charge in [0.05, 0.1) is 0 Å². The molecule has 148 valence electrons. The largest absolute Gasteiger partial charge is 0.362 e. The summed E-state index contributed by atoms with van der Waals surface area (Å²) in [6, 6.07) is 7.64.